The molecule has 20 heavy (non-hydrogen) atoms. The number of nitrogen functional groups attached to an aromatic ring is 1. The lowest BCUT2D eigenvalue weighted by Gasteiger charge is -2.19. The van der Waals surface area contributed by atoms with Crippen LogP contribution in [0.5, 0.6) is 0 Å². The predicted molar refractivity (Wildman–Crippen MR) is 84.5 cm³/mol. The second kappa shape index (κ2) is 6.22. The van der Waals surface area contributed by atoms with E-state index in [4.69, 9.17) is 5.73 Å². The zero-order chi connectivity index (χ0) is 14.7. The van der Waals surface area contributed by atoms with E-state index in [9.17, 15) is 4.39 Å². The van der Waals surface area contributed by atoms with Gasteiger partial charge >= 0.3 is 0 Å². The monoisotopic (exact) mass is 337 g/mol. The summed E-state index contributed by atoms with van der Waals surface area (Å²) in [6, 6.07) is 6.93. The van der Waals surface area contributed by atoms with E-state index < -0.39 is 0 Å². The maximum atomic E-state index is 13.7. The van der Waals surface area contributed by atoms with Gasteiger partial charge in [-0.1, -0.05) is 15.9 Å². The van der Waals surface area contributed by atoms with Crippen LogP contribution in [0.4, 0.5) is 15.9 Å². The number of nitrogens with zero attached hydrogens (tertiary/aromatic N) is 2. The second-order valence-corrected chi connectivity index (χ2v) is 5.72. The van der Waals surface area contributed by atoms with Crippen molar-refractivity contribution < 1.29 is 4.39 Å². The quantitative estimate of drug-likeness (QED) is 0.927. The molecule has 0 amide bonds. The zero-order valence-corrected chi connectivity index (χ0v) is 13.1. The van der Waals surface area contributed by atoms with Gasteiger partial charge in [-0.05, 0) is 48.7 Å². The molecule has 0 spiro atoms. The number of aryl methyl sites for hydroxylation is 1. The van der Waals surface area contributed by atoms with Crippen molar-refractivity contribution >= 4 is 27.4 Å². The number of aromatic nitrogens is 1. The van der Waals surface area contributed by atoms with Crippen LogP contribution in [0.2, 0.25) is 0 Å². The summed E-state index contributed by atoms with van der Waals surface area (Å²) in [6.45, 7) is 2.63. The van der Waals surface area contributed by atoms with Crippen LogP contribution in [-0.4, -0.2) is 18.6 Å². The zero-order valence-electron chi connectivity index (χ0n) is 11.5. The van der Waals surface area contributed by atoms with E-state index in [0.717, 1.165) is 15.9 Å². The molecule has 2 aromatic rings. The van der Waals surface area contributed by atoms with Crippen molar-refractivity contribution in [1.82, 2.24) is 4.98 Å². The van der Waals surface area contributed by atoms with Gasteiger partial charge in [-0.3, -0.25) is 0 Å². The van der Waals surface area contributed by atoms with E-state index in [1.807, 2.05) is 31.0 Å². The third-order valence-electron chi connectivity index (χ3n) is 3.25. The number of likely N-dealkylation sites (N-methyl/N-ethyl adjacent to an activating group) is 1. The summed E-state index contributed by atoms with van der Waals surface area (Å²) in [5, 5.41) is 0. The molecule has 3 nitrogen and oxygen atoms in total. The fraction of sp³-hybridized carbons (Fsp3) is 0.267. The number of rotatable bonds is 4. The van der Waals surface area contributed by atoms with E-state index in [1.54, 1.807) is 12.3 Å². The third kappa shape index (κ3) is 3.48. The lowest BCUT2D eigenvalue weighted by Crippen LogP contribution is -2.22. The topological polar surface area (TPSA) is 42.2 Å². The fourth-order valence-corrected chi connectivity index (χ4v) is 2.31. The molecule has 2 N–H and O–H groups in total. The maximum Gasteiger partial charge on any atom is 0.128 e. The van der Waals surface area contributed by atoms with Crippen LogP contribution in [0.3, 0.4) is 0 Å². The van der Waals surface area contributed by atoms with Crippen molar-refractivity contribution in [3.8, 4) is 0 Å². The number of nitrogens with two attached hydrogens (primary N) is 1. The Kier molecular flexibility index (Phi) is 4.60. The first-order valence-electron chi connectivity index (χ1n) is 6.34. The molecule has 0 saturated heterocycles. The molecule has 1 heterocycles. The first-order valence-corrected chi connectivity index (χ1v) is 7.14. The van der Waals surface area contributed by atoms with E-state index in [2.05, 4.69) is 20.9 Å². The number of halogens is 2. The van der Waals surface area contributed by atoms with Crippen molar-refractivity contribution in [3.05, 3.63) is 51.9 Å². The highest BCUT2D eigenvalue weighted by Gasteiger charge is 2.07. The number of hydrogen-bond acceptors (Lipinski definition) is 3. The first kappa shape index (κ1) is 14.8. The summed E-state index contributed by atoms with van der Waals surface area (Å²) < 4.78 is 14.6. The molecule has 0 atom stereocenters. The summed E-state index contributed by atoms with van der Waals surface area (Å²) >= 11 is 3.36. The Morgan fingerprint density at radius 3 is 2.80 bits per heavy atom. The largest absolute Gasteiger partial charge is 0.397 e. The number of benzene rings is 1. The highest BCUT2D eigenvalue weighted by Crippen LogP contribution is 2.19. The molecule has 0 fully saturated rings. The molecular weight excluding hydrogens is 321 g/mol. The molecule has 0 bridgehead atoms. The van der Waals surface area contributed by atoms with Gasteiger partial charge in [0.25, 0.3) is 0 Å². The van der Waals surface area contributed by atoms with Gasteiger partial charge in [0.2, 0.25) is 0 Å². The minimum atomic E-state index is -0.178. The lowest BCUT2D eigenvalue weighted by molar-refractivity contribution is 0.607. The molecule has 0 unspecified atom stereocenters. The molecule has 0 aliphatic rings. The molecule has 0 aliphatic heterocycles. The van der Waals surface area contributed by atoms with E-state index in [-0.39, 0.29) is 5.82 Å². The van der Waals surface area contributed by atoms with Crippen LogP contribution in [0, 0.1) is 12.7 Å². The molecule has 0 aliphatic carbocycles. The Morgan fingerprint density at radius 2 is 2.10 bits per heavy atom. The first-order chi connectivity index (χ1) is 9.47. The lowest BCUT2D eigenvalue weighted by atomic mass is 10.1. The molecule has 0 radical (unpaired) electrons. The van der Waals surface area contributed by atoms with Crippen molar-refractivity contribution in [3.63, 3.8) is 0 Å². The van der Waals surface area contributed by atoms with Gasteiger partial charge in [-0.25, -0.2) is 9.37 Å². The van der Waals surface area contributed by atoms with Gasteiger partial charge in [0.05, 0.1) is 11.9 Å². The standard InChI is InChI=1S/C15H17BrFN3/c1-10-7-15(19-9-14(10)18)20(2)6-5-11-8-12(16)3-4-13(11)17/h3-4,7-9H,5-6,18H2,1-2H3. The van der Waals surface area contributed by atoms with E-state index in [0.29, 0.717) is 24.2 Å². The van der Waals surface area contributed by atoms with Gasteiger partial charge in [0.1, 0.15) is 11.6 Å². The van der Waals surface area contributed by atoms with E-state index >= 15 is 0 Å². The molecule has 0 saturated carbocycles. The Hall–Kier alpha value is -1.62. The van der Waals surface area contributed by atoms with Crippen LogP contribution < -0.4 is 10.6 Å². The molecular formula is C15H17BrFN3. The minimum absolute atomic E-state index is 0.178. The molecule has 2 rings (SSSR count). The maximum absolute atomic E-state index is 13.7. The Bertz CT molecular complexity index is 616. The van der Waals surface area contributed by atoms with Crippen molar-refractivity contribution in [2.45, 2.75) is 13.3 Å². The average molecular weight is 338 g/mol. The molecule has 1 aromatic carbocycles. The van der Waals surface area contributed by atoms with E-state index in [1.165, 1.54) is 6.07 Å². The average Bonchev–Trinajstić information content (AvgIpc) is 2.42. The summed E-state index contributed by atoms with van der Waals surface area (Å²) in [5.41, 5.74) is 8.12. The summed E-state index contributed by atoms with van der Waals surface area (Å²) in [6.07, 6.45) is 2.27. The third-order valence-corrected chi connectivity index (χ3v) is 3.75. The highest BCUT2D eigenvalue weighted by atomic mass is 79.9. The molecule has 106 valence electrons. The van der Waals surface area contributed by atoms with Crippen LogP contribution in [0.15, 0.2) is 34.9 Å². The predicted octanol–water partition coefficient (Wildman–Crippen LogP) is 3.55. The van der Waals surface area contributed by atoms with Crippen LogP contribution in [-0.2, 0) is 6.42 Å². The number of hydrogen-bond donors (Lipinski definition) is 1. The molecule has 1 aromatic heterocycles. The normalized spacial score (nSPS) is 10.6. The van der Waals surface area contributed by atoms with Crippen LogP contribution in [0.1, 0.15) is 11.1 Å². The summed E-state index contributed by atoms with van der Waals surface area (Å²) in [5.74, 6) is 0.662. The van der Waals surface area contributed by atoms with Crippen molar-refractivity contribution in [2.24, 2.45) is 0 Å². The minimum Gasteiger partial charge on any atom is -0.397 e. The van der Waals surface area contributed by atoms with Crippen LogP contribution >= 0.6 is 15.9 Å². The summed E-state index contributed by atoms with van der Waals surface area (Å²) in [7, 11) is 1.94. The molecule has 5 heteroatoms. The Balaban J connectivity index is 2.06. The smallest absolute Gasteiger partial charge is 0.128 e. The van der Waals surface area contributed by atoms with Crippen molar-refractivity contribution in [1.29, 1.82) is 0 Å². The van der Waals surface area contributed by atoms with Crippen LogP contribution in [0.25, 0.3) is 0 Å². The van der Waals surface area contributed by atoms with Gasteiger partial charge in [-0.2, -0.15) is 0 Å². The summed E-state index contributed by atoms with van der Waals surface area (Å²) in [4.78, 5) is 6.28. The van der Waals surface area contributed by atoms with Gasteiger partial charge in [0.15, 0.2) is 0 Å². The van der Waals surface area contributed by atoms with Gasteiger partial charge < -0.3 is 10.6 Å². The van der Waals surface area contributed by atoms with Crippen molar-refractivity contribution in [2.75, 3.05) is 24.2 Å². The number of pyridine rings is 1. The highest BCUT2D eigenvalue weighted by molar-refractivity contribution is 9.10. The Morgan fingerprint density at radius 1 is 1.35 bits per heavy atom. The van der Waals surface area contributed by atoms with Gasteiger partial charge in [-0.15, -0.1) is 0 Å². The number of anilines is 2. The Labute approximate surface area is 126 Å². The second-order valence-electron chi connectivity index (χ2n) is 4.81. The fourth-order valence-electron chi connectivity index (χ4n) is 1.90. The SMILES string of the molecule is Cc1cc(N(C)CCc2cc(Br)ccc2F)ncc1N. The van der Waals surface area contributed by atoms with Gasteiger partial charge in [0, 0.05) is 18.1 Å².